The van der Waals surface area contributed by atoms with Crippen LogP contribution in [-0.2, 0) is 23.9 Å². The number of carbonyl (C=O) groups excluding carboxylic acids is 4. The zero-order valence-electron chi connectivity index (χ0n) is 36.7. The van der Waals surface area contributed by atoms with Gasteiger partial charge in [0.05, 0.1) is 0 Å². The maximum absolute atomic E-state index is 13.5. The molecule has 0 aliphatic heterocycles. The summed E-state index contributed by atoms with van der Waals surface area (Å²) in [6.07, 6.45) is 25.4. The summed E-state index contributed by atoms with van der Waals surface area (Å²) in [5.41, 5.74) is 1.73. The molecule has 0 radical (unpaired) electrons. The van der Waals surface area contributed by atoms with E-state index in [1.165, 1.54) is 63.4 Å². The highest BCUT2D eigenvalue weighted by molar-refractivity contribution is 5.82. The first-order valence-corrected chi connectivity index (χ1v) is 23.0. The Kier molecular flexibility index (Phi) is 18.1. The molecule has 4 rings (SSSR count). The molecule has 3 fully saturated rings. The molecule has 0 saturated heterocycles. The smallest absolute Gasteiger partial charge is 0.407 e. The molecule has 0 aromatic heterocycles. The summed E-state index contributed by atoms with van der Waals surface area (Å²) < 4.78 is 11.5. The van der Waals surface area contributed by atoms with Crippen LogP contribution in [-0.4, -0.2) is 67.2 Å². The van der Waals surface area contributed by atoms with Crippen LogP contribution < -0.4 is 10.6 Å². The van der Waals surface area contributed by atoms with Gasteiger partial charge in [-0.25, -0.2) is 4.79 Å². The number of allylic oxidation sites excluding steroid dienone is 1. The van der Waals surface area contributed by atoms with Gasteiger partial charge in [0.15, 0.2) is 0 Å². The van der Waals surface area contributed by atoms with Gasteiger partial charge in [0.1, 0.15) is 18.2 Å². The number of fused-ring (bicyclic) bond motifs is 5. The topological polar surface area (TPSA) is 114 Å². The van der Waals surface area contributed by atoms with E-state index in [0.29, 0.717) is 44.3 Å². The lowest BCUT2D eigenvalue weighted by molar-refractivity contribution is -0.156. The van der Waals surface area contributed by atoms with Gasteiger partial charge in [-0.15, -0.1) is 0 Å². The average molecular weight is 784 g/mol. The molecule has 7 unspecified atom stereocenters. The van der Waals surface area contributed by atoms with Crippen LogP contribution in [0.5, 0.6) is 0 Å². The van der Waals surface area contributed by atoms with Crippen molar-refractivity contribution in [1.29, 1.82) is 0 Å². The van der Waals surface area contributed by atoms with Gasteiger partial charge in [-0.05, 0) is 138 Å². The molecule has 3 amide bonds. The highest BCUT2D eigenvalue weighted by atomic mass is 16.6. The van der Waals surface area contributed by atoms with E-state index in [4.69, 9.17) is 9.47 Å². The van der Waals surface area contributed by atoms with Gasteiger partial charge in [0.25, 0.3) is 0 Å². The van der Waals surface area contributed by atoms with Crippen molar-refractivity contribution in [1.82, 2.24) is 15.5 Å². The zero-order chi connectivity index (χ0) is 40.8. The highest BCUT2D eigenvalue weighted by Gasteiger charge is 2.58. The second-order valence-corrected chi connectivity index (χ2v) is 20.0. The Morgan fingerprint density at radius 1 is 0.893 bits per heavy atom. The van der Waals surface area contributed by atoms with Crippen LogP contribution in [0.2, 0.25) is 0 Å². The summed E-state index contributed by atoms with van der Waals surface area (Å²) in [5.74, 6) is 3.76. The Morgan fingerprint density at radius 3 is 2.36 bits per heavy atom. The third kappa shape index (κ3) is 13.5. The van der Waals surface area contributed by atoms with E-state index in [0.717, 1.165) is 93.8 Å². The van der Waals surface area contributed by atoms with E-state index in [1.54, 1.807) is 4.90 Å². The summed E-state index contributed by atoms with van der Waals surface area (Å²) in [5, 5.41) is 5.48. The Bertz CT molecular complexity index is 1290. The molecule has 0 bridgehead atoms. The quantitative estimate of drug-likeness (QED) is 0.0462. The van der Waals surface area contributed by atoms with Crippen LogP contribution in [0.15, 0.2) is 11.6 Å². The molecule has 0 heterocycles. The van der Waals surface area contributed by atoms with Crippen molar-refractivity contribution in [2.75, 3.05) is 26.2 Å². The summed E-state index contributed by atoms with van der Waals surface area (Å²) >= 11 is 0. The predicted molar refractivity (Wildman–Crippen MR) is 225 cm³/mol. The van der Waals surface area contributed by atoms with Crippen molar-refractivity contribution < 1.29 is 28.7 Å². The minimum atomic E-state index is -0.497. The summed E-state index contributed by atoms with van der Waals surface area (Å²) in [7, 11) is 0. The number of ether oxygens (including phenoxy) is 2. The van der Waals surface area contributed by atoms with Gasteiger partial charge in [-0.1, -0.05) is 84.3 Å². The monoisotopic (exact) mass is 784 g/mol. The van der Waals surface area contributed by atoms with Gasteiger partial charge in [0.2, 0.25) is 12.3 Å². The lowest BCUT2D eigenvalue weighted by Crippen LogP contribution is -2.50. The standard InChI is InChI=1S/C47H81N3O6/c1-35(2)18-12-13-19-36-22-24-40-39-23-21-37-32-38(25-27-47(37,7)41(39)26-28-46(36,40)6)55-43(53)33-50(42(52)20-14-16-29-48-34-51)31-17-11-9-8-10-15-30-49-44(54)56-45(3,4)5/h21,34-36,38-41H,8-20,22-33H2,1-7H3,(H,48,51)(H,49,54). The number of esters is 1. The van der Waals surface area contributed by atoms with Crippen molar-refractivity contribution in [3.8, 4) is 0 Å². The summed E-state index contributed by atoms with van der Waals surface area (Å²) in [6, 6.07) is 0. The van der Waals surface area contributed by atoms with E-state index >= 15 is 0 Å². The number of carbonyl (C=O) groups is 4. The fourth-order valence-corrected chi connectivity index (χ4v) is 11.3. The third-order valence-electron chi connectivity index (χ3n) is 14.4. The number of nitrogens with zero attached hydrogens (tertiary/aromatic N) is 1. The van der Waals surface area contributed by atoms with Gasteiger partial charge in [-0.3, -0.25) is 14.4 Å². The number of alkyl carbamates (subject to hydrolysis) is 1. The van der Waals surface area contributed by atoms with Gasteiger partial charge in [-0.2, -0.15) is 0 Å². The van der Waals surface area contributed by atoms with Crippen molar-refractivity contribution in [2.45, 2.75) is 195 Å². The van der Waals surface area contributed by atoms with Crippen LogP contribution in [0.25, 0.3) is 0 Å². The van der Waals surface area contributed by atoms with Crippen molar-refractivity contribution in [2.24, 2.45) is 40.4 Å². The SMILES string of the molecule is CC(C)CCCCC1CCC2C3CC=C4CC(OC(=O)CN(CCCCCCCCNC(=O)OC(C)(C)C)C(=O)CCCCNC=O)CCC4(C)C3CCC12C. The number of hydrogen-bond donors (Lipinski definition) is 2. The van der Waals surface area contributed by atoms with Gasteiger partial charge < -0.3 is 25.0 Å². The van der Waals surface area contributed by atoms with Crippen LogP contribution in [0, 0.1) is 40.4 Å². The van der Waals surface area contributed by atoms with E-state index in [2.05, 4.69) is 44.4 Å². The Morgan fingerprint density at radius 2 is 1.62 bits per heavy atom. The molecule has 320 valence electrons. The first kappa shape index (κ1) is 46.1. The van der Waals surface area contributed by atoms with E-state index in [9.17, 15) is 19.2 Å². The maximum Gasteiger partial charge on any atom is 0.407 e. The molecular weight excluding hydrogens is 703 g/mol. The number of unbranched alkanes of at least 4 members (excludes halogenated alkanes) is 7. The zero-order valence-corrected chi connectivity index (χ0v) is 36.7. The van der Waals surface area contributed by atoms with Crippen LogP contribution in [0.4, 0.5) is 4.79 Å². The number of rotatable bonds is 23. The minimum Gasteiger partial charge on any atom is -0.461 e. The van der Waals surface area contributed by atoms with Crippen molar-refractivity contribution >= 4 is 24.4 Å². The Labute approximate surface area is 341 Å². The second kappa shape index (κ2) is 22.0. The fraction of sp³-hybridized carbons (Fsp3) is 0.872. The van der Waals surface area contributed by atoms with E-state index in [1.807, 2.05) is 20.8 Å². The van der Waals surface area contributed by atoms with E-state index in [-0.39, 0.29) is 36.0 Å². The number of nitrogens with one attached hydrogen (secondary N) is 2. The molecule has 9 nitrogen and oxygen atoms in total. The minimum absolute atomic E-state index is 0.00182. The molecular formula is C47H81N3O6. The molecule has 9 heteroatoms. The van der Waals surface area contributed by atoms with Crippen LogP contribution in [0.1, 0.15) is 183 Å². The normalized spacial score (nSPS) is 28.4. The molecule has 7 atom stereocenters. The predicted octanol–water partition coefficient (Wildman–Crippen LogP) is 10.3. The molecule has 4 aliphatic carbocycles. The summed E-state index contributed by atoms with van der Waals surface area (Å²) in [4.78, 5) is 51.0. The molecule has 0 aromatic rings. The summed E-state index contributed by atoms with van der Waals surface area (Å²) in [6.45, 7) is 17.1. The lowest BCUT2D eigenvalue weighted by atomic mass is 9.47. The highest BCUT2D eigenvalue weighted by Crippen LogP contribution is 2.66. The molecule has 4 aliphatic rings. The van der Waals surface area contributed by atoms with Gasteiger partial charge in [0, 0.05) is 32.5 Å². The Hall–Kier alpha value is -2.58. The van der Waals surface area contributed by atoms with E-state index < -0.39 is 5.60 Å². The largest absolute Gasteiger partial charge is 0.461 e. The lowest BCUT2D eigenvalue weighted by Gasteiger charge is -2.58. The molecule has 2 N–H and O–H groups in total. The maximum atomic E-state index is 13.5. The Balaban J connectivity index is 1.23. The molecule has 0 aromatic carbocycles. The van der Waals surface area contributed by atoms with Crippen molar-refractivity contribution in [3.05, 3.63) is 11.6 Å². The first-order valence-electron chi connectivity index (χ1n) is 23.0. The first-order chi connectivity index (χ1) is 26.7. The number of amides is 3. The molecule has 56 heavy (non-hydrogen) atoms. The average Bonchev–Trinajstić information content (AvgIpc) is 3.47. The molecule has 0 spiro atoms. The second-order valence-electron chi connectivity index (χ2n) is 20.0. The van der Waals surface area contributed by atoms with Crippen LogP contribution >= 0.6 is 0 Å². The van der Waals surface area contributed by atoms with Gasteiger partial charge >= 0.3 is 12.1 Å². The van der Waals surface area contributed by atoms with Crippen LogP contribution in [0.3, 0.4) is 0 Å². The fourth-order valence-electron chi connectivity index (χ4n) is 11.3. The third-order valence-corrected chi connectivity index (χ3v) is 14.4. The van der Waals surface area contributed by atoms with Crippen molar-refractivity contribution in [3.63, 3.8) is 0 Å². The number of hydrogen-bond acceptors (Lipinski definition) is 6. The molecule has 3 saturated carbocycles.